The minimum absolute atomic E-state index is 0.182. The summed E-state index contributed by atoms with van der Waals surface area (Å²) in [4.78, 5) is 0. The van der Waals surface area contributed by atoms with Gasteiger partial charge in [-0.05, 0) is 0 Å². The monoisotopic (exact) mass is 472 g/mol. The normalized spacial score (nSPS) is 13.1. The van der Waals surface area contributed by atoms with Gasteiger partial charge in [0.15, 0.2) is 0 Å². The fourth-order valence-corrected chi connectivity index (χ4v) is 19.8. The van der Waals surface area contributed by atoms with E-state index < -0.39 is 12.4 Å². The molecule has 0 spiro atoms. The van der Waals surface area contributed by atoms with Crippen LogP contribution in [0, 0.1) is 0 Å². The number of hydrogen-bond acceptors (Lipinski definition) is 0. The maximum atomic E-state index is 4.15. The predicted molar refractivity (Wildman–Crippen MR) is 106 cm³/mol. The van der Waals surface area contributed by atoms with E-state index >= 15 is 0 Å². The zero-order chi connectivity index (χ0) is 17.1. The van der Waals surface area contributed by atoms with Crippen LogP contribution < -0.4 is 0 Å². The Bertz CT molecular complexity index is 563. The van der Waals surface area contributed by atoms with Crippen molar-refractivity contribution in [2.45, 2.75) is 48.0 Å². The molecule has 124 valence electrons. The Morgan fingerprint density at radius 3 is 1.26 bits per heavy atom. The molecule has 0 heterocycles. The molecule has 23 heavy (non-hydrogen) atoms. The molecule has 0 saturated heterocycles. The van der Waals surface area contributed by atoms with Gasteiger partial charge < -0.3 is 0 Å². The van der Waals surface area contributed by atoms with Gasteiger partial charge >= 0.3 is 158 Å². The van der Waals surface area contributed by atoms with Crippen LogP contribution in [0.4, 0.5) is 0 Å². The Morgan fingerprint density at radius 1 is 0.652 bits per heavy atom. The fraction of sp³-hybridized carbons (Fsp3) is 0.400. The Labute approximate surface area is 157 Å². The van der Waals surface area contributed by atoms with Crippen LogP contribution in [-0.4, -0.2) is 0 Å². The molecule has 2 aromatic rings. The zero-order valence-corrected chi connectivity index (χ0v) is 19.2. The van der Waals surface area contributed by atoms with Gasteiger partial charge in [-0.2, -0.15) is 0 Å². The molecular weight excluding hydrogens is 448 g/mol. The summed E-state index contributed by atoms with van der Waals surface area (Å²) in [6.45, 7) is 9.45. The van der Waals surface area contributed by atoms with E-state index in [1.165, 1.54) is 20.6 Å². The van der Waals surface area contributed by atoms with Crippen molar-refractivity contribution < 1.29 is 12.4 Å². The summed E-state index contributed by atoms with van der Waals surface area (Å²) >= 11 is 6.02. The number of benzene rings is 2. The van der Waals surface area contributed by atoms with Crippen molar-refractivity contribution in [1.82, 2.24) is 0 Å². The first-order valence-electron chi connectivity index (χ1n) is 8.11. The van der Waals surface area contributed by atoms with Gasteiger partial charge in [-0.1, -0.05) is 0 Å². The van der Waals surface area contributed by atoms with Crippen molar-refractivity contribution in [2.24, 2.45) is 0 Å². The van der Waals surface area contributed by atoms with Crippen molar-refractivity contribution in [2.75, 3.05) is 0 Å². The Balaban J connectivity index is 2.16. The Hall–Kier alpha value is 0.114. The van der Waals surface area contributed by atoms with E-state index in [4.69, 9.17) is 0 Å². The van der Waals surface area contributed by atoms with Crippen LogP contribution in [0.2, 0.25) is 9.45 Å². The topological polar surface area (TPSA) is 0 Å². The van der Waals surface area contributed by atoms with Crippen LogP contribution in [0.3, 0.4) is 0 Å². The molecule has 0 aliphatic rings. The standard InChI is InChI=1S/2C10H13.2BrH.Ti/c2*1-10(2,3)9-7-5-4-6-8-9;;;/h2*4-8H,1H2,2-3H3;2*1H;/q;;;;+2/p-2. The van der Waals surface area contributed by atoms with Gasteiger partial charge in [-0.25, -0.2) is 0 Å². The molecule has 0 saturated carbocycles. The second kappa shape index (κ2) is 7.56. The van der Waals surface area contributed by atoms with Crippen LogP contribution >= 0.6 is 26.3 Å². The molecule has 0 atom stereocenters. The van der Waals surface area contributed by atoms with E-state index in [2.05, 4.69) is 115 Å². The van der Waals surface area contributed by atoms with Gasteiger partial charge in [-0.3, -0.25) is 0 Å². The van der Waals surface area contributed by atoms with Crippen molar-refractivity contribution in [1.29, 1.82) is 0 Å². The van der Waals surface area contributed by atoms with Gasteiger partial charge in [0.25, 0.3) is 0 Å². The van der Waals surface area contributed by atoms with Gasteiger partial charge in [0.2, 0.25) is 0 Å². The molecule has 0 nitrogen and oxygen atoms in total. The van der Waals surface area contributed by atoms with Crippen LogP contribution in [-0.2, 0) is 23.2 Å². The number of rotatable bonds is 6. The van der Waals surface area contributed by atoms with Crippen molar-refractivity contribution in [3.05, 3.63) is 71.8 Å². The molecule has 0 aliphatic carbocycles. The van der Waals surface area contributed by atoms with Crippen molar-refractivity contribution in [3.8, 4) is 0 Å². The second-order valence-corrected chi connectivity index (χ2v) is 28.4. The summed E-state index contributed by atoms with van der Waals surface area (Å²) in [6.07, 6.45) is 0. The van der Waals surface area contributed by atoms with E-state index in [0.29, 0.717) is 0 Å². The molecule has 0 amide bonds. The van der Waals surface area contributed by atoms with Crippen LogP contribution in [0.15, 0.2) is 60.7 Å². The SMILES string of the molecule is CC(C)([CH2][Ti]([Br])([Br])[CH2]C(C)(C)c1ccccc1)c1ccccc1. The maximum absolute atomic E-state index is 4.15. The number of hydrogen-bond donors (Lipinski definition) is 0. The third-order valence-electron chi connectivity index (χ3n) is 4.51. The minimum atomic E-state index is -2.28. The third-order valence-corrected chi connectivity index (χ3v) is 13.5. The van der Waals surface area contributed by atoms with Crippen LogP contribution in [0.5, 0.6) is 0 Å². The molecule has 3 heteroatoms. The van der Waals surface area contributed by atoms with Gasteiger partial charge in [0.1, 0.15) is 0 Å². The van der Waals surface area contributed by atoms with E-state index in [1.54, 1.807) is 0 Å². The first kappa shape index (κ1) is 19.4. The summed E-state index contributed by atoms with van der Waals surface area (Å²) in [5.41, 5.74) is 3.21. The van der Waals surface area contributed by atoms with E-state index in [0.717, 1.165) is 0 Å². The molecule has 0 aliphatic heterocycles. The van der Waals surface area contributed by atoms with Gasteiger partial charge in [-0.15, -0.1) is 0 Å². The summed E-state index contributed by atoms with van der Waals surface area (Å²) in [7, 11) is 0. The molecule has 2 aromatic carbocycles. The quantitative estimate of drug-likeness (QED) is 0.380. The predicted octanol–water partition coefficient (Wildman–Crippen LogP) is 7.55. The van der Waals surface area contributed by atoms with Crippen LogP contribution in [0.1, 0.15) is 38.8 Å². The average molecular weight is 474 g/mol. The summed E-state index contributed by atoms with van der Waals surface area (Å²) in [5, 5.41) is 0. The summed E-state index contributed by atoms with van der Waals surface area (Å²) in [5.74, 6) is 0. The van der Waals surface area contributed by atoms with E-state index in [9.17, 15) is 0 Å². The molecule has 0 radical (unpaired) electrons. The molecule has 0 fully saturated rings. The first-order valence-corrected chi connectivity index (χ1v) is 18.0. The fourth-order valence-electron chi connectivity index (χ4n) is 3.34. The van der Waals surface area contributed by atoms with E-state index in [-0.39, 0.29) is 10.8 Å². The van der Waals surface area contributed by atoms with Crippen molar-refractivity contribution >= 4 is 26.3 Å². The molecule has 0 bridgehead atoms. The van der Waals surface area contributed by atoms with E-state index in [1.807, 2.05) is 0 Å². The molecule has 0 N–H and O–H groups in total. The molecular formula is C20H26Br2Ti. The Morgan fingerprint density at radius 2 is 0.957 bits per heavy atom. The van der Waals surface area contributed by atoms with Crippen molar-refractivity contribution in [3.63, 3.8) is 0 Å². The van der Waals surface area contributed by atoms with Gasteiger partial charge in [0.05, 0.1) is 0 Å². The zero-order valence-electron chi connectivity index (χ0n) is 14.4. The van der Waals surface area contributed by atoms with Crippen LogP contribution in [0.25, 0.3) is 0 Å². The Kier molecular flexibility index (Phi) is 6.39. The first-order chi connectivity index (χ1) is 10.6. The van der Waals surface area contributed by atoms with Gasteiger partial charge in [0, 0.05) is 0 Å². The summed E-state index contributed by atoms with van der Waals surface area (Å²) < 4.78 is 2.40. The summed E-state index contributed by atoms with van der Waals surface area (Å²) in [6, 6.07) is 21.8. The third kappa shape index (κ3) is 5.56. The molecule has 0 unspecified atom stereocenters. The second-order valence-electron chi connectivity index (χ2n) is 7.71. The average Bonchev–Trinajstić information content (AvgIpc) is 2.47. The number of halogens is 2. The molecule has 0 aromatic heterocycles. The molecule has 2 rings (SSSR count).